The Kier molecular flexibility index (Phi) is 4.53. The third-order valence-corrected chi connectivity index (χ3v) is 3.74. The predicted octanol–water partition coefficient (Wildman–Crippen LogP) is 3.29. The smallest absolute Gasteiger partial charge is 0.147 e. The first-order valence-corrected chi connectivity index (χ1v) is 6.84. The van der Waals surface area contributed by atoms with Crippen LogP contribution in [-0.4, -0.2) is 16.5 Å². The van der Waals surface area contributed by atoms with Crippen LogP contribution in [0.25, 0.3) is 0 Å². The predicted molar refractivity (Wildman–Crippen MR) is 74.9 cm³/mol. The maximum atomic E-state index is 11.8. The number of hydrogen-bond acceptors (Lipinski definition) is 3. The highest BCUT2D eigenvalue weighted by Gasteiger charge is 2.06. The van der Waals surface area contributed by atoms with Gasteiger partial charge in [-0.2, -0.15) is 0 Å². The second-order valence-corrected chi connectivity index (χ2v) is 5.08. The molecule has 3 heteroatoms. The molecule has 0 saturated carbocycles. The van der Waals surface area contributed by atoms with Crippen LogP contribution in [0.5, 0.6) is 0 Å². The molecule has 0 fully saturated rings. The van der Waals surface area contributed by atoms with Crippen molar-refractivity contribution in [3.8, 4) is 0 Å². The van der Waals surface area contributed by atoms with Crippen molar-refractivity contribution in [2.45, 2.75) is 18.4 Å². The Morgan fingerprint density at radius 3 is 2.67 bits per heavy atom. The fourth-order valence-electron chi connectivity index (χ4n) is 1.65. The van der Waals surface area contributed by atoms with E-state index in [4.69, 9.17) is 0 Å². The van der Waals surface area contributed by atoms with Gasteiger partial charge in [0, 0.05) is 12.6 Å². The van der Waals surface area contributed by atoms with E-state index in [1.807, 2.05) is 49.4 Å². The summed E-state index contributed by atoms with van der Waals surface area (Å²) in [5, 5.41) is 0.943. The van der Waals surface area contributed by atoms with E-state index in [1.165, 1.54) is 11.8 Å². The molecule has 0 saturated heterocycles. The number of pyridine rings is 1. The zero-order valence-electron chi connectivity index (χ0n) is 10.3. The summed E-state index contributed by atoms with van der Waals surface area (Å²) in [6.45, 7) is 2.01. The number of benzene rings is 1. The number of ketones is 1. The lowest BCUT2D eigenvalue weighted by atomic mass is 10.1. The molecule has 1 heterocycles. The fourth-order valence-corrected chi connectivity index (χ4v) is 2.48. The van der Waals surface area contributed by atoms with Gasteiger partial charge in [-0.15, -0.1) is 0 Å². The monoisotopic (exact) mass is 257 g/mol. The lowest BCUT2D eigenvalue weighted by Crippen LogP contribution is -2.05. The SMILES string of the molecule is Cc1cccnc1SCC(=O)Cc1ccccc1. The summed E-state index contributed by atoms with van der Waals surface area (Å²) in [6.07, 6.45) is 2.26. The zero-order valence-corrected chi connectivity index (χ0v) is 11.1. The average Bonchev–Trinajstić information content (AvgIpc) is 2.39. The molecule has 0 aliphatic heterocycles. The quantitative estimate of drug-likeness (QED) is 0.770. The first-order chi connectivity index (χ1) is 8.75. The number of carbonyl (C=O) groups is 1. The number of rotatable bonds is 5. The van der Waals surface area contributed by atoms with Crippen molar-refractivity contribution in [2.24, 2.45) is 0 Å². The van der Waals surface area contributed by atoms with Gasteiger partial charge in [0.2, 0.25) is 0 Å². The Balaban J connectivity index is 1.88. The molecule has 0 N–H and O–H groups in total. The minimum atomic E-state index is 0.233. The van der Waals surface area contributed by atoms with E-state index in [0.717, 1.165) is 16.2 Å². The molecule has 0 spiro atoms. The zero-order chi connectivity index (χ0) is 12.8. The first kappa shape index (κ1) is 12.8. The van der Waals surface area contributed by atoms with E-state index < -0.39 is 0 Å². The van der Waals surface area contributed by atoms with Gasteiger partial charge in [-0.25, -0.2) is 4.98 Å². The molecule has 0 amide bonds. The Morgan fingerprint density at radius 1 is 1.17 bits per heavy atom. The number of Topliss-reactive ketones (excluding diaryl/α,β-unsaturated/α-hetero) is 1. The second-order valence-electron chi connectivity index (χ2n) is 4.12. The number of carbonyl (C=O) groups excluding carboxylic acids is 1. The maximum absolute atomic E-state index is 11.8. The highest BCUT2D eigenvalue weighted by atomic mass is 32.2. The molecule has 18 heavy (non-hydrogen) atoms. The molecule has 2 rings (SSSR count). The maximum Gasteiger partial charge on any atom is 0.147 e. The summed E-state index contributed by atoms with van der Waals surface area (Å²) in [6, 6.07) is 13.8. The Hall–Kier alpha value is -1.61. The van der Waals surface area contributed by atoms with E-state index in [9.17, 15) is 4.79 Å². The van der Waals surface area contributed by atoms with Crippen LogP contribution in [-0.2, 0) is 11.2 Å². The van der Waals surface area contributed by atoms with E-state index in [0.29, 0.717) is 12.2 Å². The van der Waals surface area contributed by atoms with Crippen LogP contribution in [0.2, 0.25) is 0 Å². The van der Waals surface area contributed by atoms with Crippen LogP contribution in [0, 0.1) is 6.92 Å². The van der Waals surface area contributed by atoms with Gasteiger partial charge >= 0.3 is 0 Å². The van der Waals surface area contributed by atoms with Crippen LogP contribution in [0.3, 0.4) is 0 Å². The molecule has 92 valence electrons. The van der Waals surface area contributed by atoms with Crippen LogP contribution in [0.4, 0.5) is 0 Å². The van der Waals surface area contributed by atoms with E-state index in [-0.39, 0.29) is 5.78 Å². The first-order valence-electron chi connectivity index (χ1n) is 5.86. The molecule has 0 bridgehead atoms. The summed E-state index contributed by atoms with van der Waals surface area (Å²) in [4.78, 5) is 16.1. The lowest BCUT2D eigenvalue weighted by Gasteiger charge is -2.03. The summed E-state index contributed by atoms with van der Waals surface area (Å²) < 4.78 is 0. The minimum Gasteiger partial charge on any atom is -0.298 e. The number of nitrogens with zero attached hydrogens (tertiary/aromatic N) is 1. The molecular formula is C15H15NOS. The van der Waals surface area contributed by atoms with E-state index >= 15 is 0 Å². The van der Waals surface area contributed by atoms with E-state index in [1.54, 1.807) is 6.20 Å². The van der Waals surface area contributed by atoms with Crippen LogP contribution in [0.1, 0.15) is 11.1 Å². The van der Waals surface area contributed by atoms with Crippen LogP contribution in [0.15, 0.2) is 53.7 Å². The molecule has 0 radical (unpaired) electrons. The summed E-state index contributed by atoms with van der Waals surface area (Å²) in [7, 11) is 0. The molecule has 1 aromatic heterocycles. The number of thioether (sulfide) groups is 1. The third kappa shape index (κ3) is 3.70. The summed E-state index contributed by atoms with van der Waals surface area (Å²) >= 11 is 1.51. The van der Waals surface area contributed by atoms with E-state index in [2.05, 4.69) is 4.98 Å². The molecular weight excluding hydrogens is 242 g/mol. The largest absolute Gasteiger partial charge is 0.298 e. The van der Waals surface area contributed by atoms with Crippen molar-refractivity contribution in [1.82, 2.24) is 4.98 Å². The average molecular weight is 257 g/mol. The molecule has 0 aliphatic carbocycles. The van der Waals surface area contributed by atoms with Gasteiger partial charge in [-0.1, -0.05) is 48.2 Å². The number of hydrogen-bond donors (Lipinski definition) is 0. The Labute approximate surface area is 111 Å². The second kappa shape index (κ2) is 6.36. The molecule has 0 aliphatic rings. The topological polar surface area (TPSA) is 30.0 Å². The van der Waals surface area contributed by atoms with Gasteiger partial charge in [0.15, 0.2) is 0 Å². The van der Waals surface area contributed by atoms with Gasteiger partial charge in [0.1, 0.15) is 5.78 Å². The third-order valence-electron chi connectivity index (χ3n) is 2.58. The molecule has 2 nitrogen and oxygen atoms in total. The van der Waals surface area contributed by atoms with Crippen LogP contribution >= 0.6 is 11.8 Å². The lowest BCUT2D eigenvalue weighted by molar-refractivity contribution is -0.116. The van der Waals surface area contributed by atoms with Crippen molar-refractivity contribution >= 4 is 17.5 Å². The van der Waals surface area contributed by atoms with Gasteiger partial charge < -0.3 is 0 Å². The minimum absolute atomic E-state index is 0.233. The van der Waals surface area contributed by atoms with Gasteiger partial charge in [-0.05, 0) is 24.1 Å². The van der Waals surface area contributed by atoms with Crippen molar-refractivity contribution in [1.29, 1.82) is 0 Å². The van der Waals surface area contributed by atoms with Crippen molar-refractivity contribution in [3.63, 3.8) is 0 Å². The van der Waals surface area contributed by atoms with Crippen molar-refractivity contribution in [3.05, 3.63) is 59.8 Å². The highest BCUT2D eigenvalue weighted by molar-refractivity contribution is 7.99. The number of aromatic nitrogens is 1. The van der Waals surface area contributed by atoms with Crippen molar-refractivity contribution in [2.75, 3.05) is 5.75 Å². The molecule has 0 unspecified atom stereocenters. The fraction of sp³-hybridized carbons (Fsp3) is 0.200. The van der Waals surface area contributed by atoms with Crippen LogP contribution < -0.4 is 0 Å². The molecule has 0 atom stereocenters. The van der Waals surface area contributed by atoms with Gasteiger partial charge in [0.05, 0.1) is 10.8 Å². The van der Waals surface area contributed by atoms with Gasteiger partial charge in [0.25, 0.3) is 0 Å². The van der Waals surface area contributed by atoms with Gasteiger partial charge in [-0.3, -0.25) is 4.79 Å². The summed E-state index contributed by atoms with van der Waals surface area (Å²) in [5.74, 6) is 0.712. The molecule has 1 aromatic carbocycles. The van der Waals surface area contributed by atoms with Crippen molar-refractivity contribution < 1.29 is 4.79 Å². The normalized spacial score (nSPS) is 10.3. The molecule has 2 aromatic rings. The Bertz CT molecular complexity index is 525. The number of aryl methyl sites for hydroxylation is 1. The standard InChI is InChI=1S/C15H15NOS/c1-12-6-5-9-16-15(12)18-11-14(17)10-13-7-3-2-4-8-13/h2-9H,10-11H2,1H3. The summed E-state index contributed by atoms with van der Waals surface area (Å²) in [5.41, 5.74) is 2.19. The highest BCUT2D eigenvalue weighted by Crippen LogP contribution is 2.19. The Morgan fingerprint density at radius 2 is 1.94 bits per heavy atom.